The van der Waals surface area contributed by atoms with E-state index in [9.17, 15) is 0 Å². The van der Waals surface area contributed by atoms with Crippen LogP contribution in [-0.2, 0) is 5.41 Å². The first kappa shape index (κ1) is 13.9. The molecule has 1 heterocycles. The topological polar surface area (TPSA) is 29.3 Å². The van der Waals surface area contributed by atoms with Gasteiger partial charge in [-0.15, -0.1) is 0 Å². The second-order valence-electron chi connectivity index (χ2n) is 5.33. The van der Waals surface area contributed by atoms with Crippen molar-refractivity contribution in [1.29, 1.82) is 0 Å². The number of likely N-dealkylation sites (tertiary alicyclic amines) is 1. The van der Waals surface area contributed by atoms with E-state index in [1.807, 2.05) is 12.1 Å². The molecule has 0 bridgehead atoms. The summed E-state index contributed by atoms with van der Waals surface area (Å²) in [5.74, 6) is 0. The molecule has 1 aliphatic rings. The molecule has 1 aliphatic heterocycles. The molecule has 2 nitrogen and oxygen atoms in total. The molecule has 0 spiro atoms. The lowest BCUT2D eigenvalue weighted by Gasteiger charge is -2.41. The number of rotatable bonds is 4. The fraction of sp³-hybridized carbons (Fsp3) is 0.600. The molecule has 2 N–H and O–H groups in total. The Bertz CT molecular complexity index is 367. The third-order valence-corrected chi connectivity index (χ3v) is 4.45. The predicted octanol–water partition coefficient (Wildman–Crippen LogP) is 3.04. The molecule has 18 heavy (non-hydrogen) atoms. The Morgan fingerprint density at radius 1 is 1.22 bits per heavy atom. The van der Waals surface area contributed by atoms with Crippen LogP contribution in [0.15, 0.2) is 24.3 Å². The minimum Gasteiger partial charge on any atom is -0.330 e. The van der Waals surface area contributed by atoms with E-state index in [0.717, 1.165) is 37.5 Å². The Balaban J connectivity index is 2.11. The van der Waals surface area contributed by atoms with Gasteiger partial charge in [-0.25, -0.2) is 0 Å². The van der Waals surface area contributed by atoms with E-state index < -0.39 is 0 Å². The van der Waals surface area contributed by atoms with Crippen LogP contribution in [0.4, 0.5) is 0 Å². The lowest BCUT2D eigenvalue weighted by atomic mass is 9.73. The largest absolute Gasteiger partial charge is 0.330 e. The number of nitrogens with two attached hydrogens (primary N) is 1. The average Bonchev–Trinajstić information content (AvgIpc) is 2.41. The first-order valence-electron chi connectivity index (χ1n) is 6.89. The van der Waals surface area contributed by atoms with Crippen molar-refractivity contribution in [3.8, 4) is 0 Å². The van der Waals surface area contributed by atoms with E-state index in [2.05, 4.69) is 24.0 Å². The average molecular weight is 267 g/mol. The fourth-order valence-corrected chi connectivity index (χ4v) is 3.06. The Hall–Kier alpha value is -0.570. The Kier molecular flexibility index (Phi) is 4.66. The van der Waals surface area contributed by atoms with Crippen molar-refractivity contribution in [3.05, 3.63) is 34.9 Å². The molecule has 1 fully saturated rings. The van der Waals surface area contributed by atoms with Gasteiger partial charge in [-0.3, -0.25) is 0 Å². The zero-order valence-electron chi connectivity index (χ0n) is 11.2. The lowest BCUT2D eigenvalue weighted by molar-refractivity contribution is 0.162. The second kappa shape index (κ2) is 6.05. The molecule has 0 radical (unpaired) electrons. The summed E-state index contributed by atoms with van der Waals surface area (Å²) in [5.41, 5.74) is 7.59. The molecule has 2 rings (SSSR count). The van der Waals surface area contributed by atoms with Gasteiger partial charge < -0.3 is 10.6 Å². The summed E-state index contributed by atoms with van der Waals surface area (Å²) >= 11 is 5.96. The van der Waals surface area contributed by atoms with Gasteiger partial charge in [0.1, 0.15) is 0 Å². The van der Waals surface area contributed by atoms with Crippen molar-refractivity contribution in [1.82, 2.24) is 4.90 Å². The van der Waals surface area contributed by atoms with Crippen LogP contribution in [0.2, 0.25) is 5.02 Å². The lowest BCUT2D eigenvalue weighted by Crippen LogP contribution is -2.46. The van der Waals surface area contributed by atoms with Gasteiger partial charge in [0, 0.05) is 17.0 Å². The quantitative estimate of drug-likeness (QED) is 0.908. The van der Waals surface area contributed by atoms with Crippen molar-refractivity contribution in [3.63, 3.8) is 0 Å². The molecule has 1 aromatic carbocycles. The standard InChI is InChI=1S/C15H23ClN2/c1-2-9-18-10-7-15(12-17,8-11-18)13-3-5-14(16)6-4-13/h3-6H,2,7-12,17H2,1H3. The molecule has 3 heteroatoms. The summed E-state index contributed by atoms with van der Waals surface area (Å²) in [5, 5.41) is 0.800. The zero-order valence-corrected chi connectivity index (χ0v) is 11.9. The molecule has 0 amide bonds. The fourth-order valence-electron chi connectivity index (χ4n) is 2.93. The van der Waals surface area contributed by atoms with E-state index in [4.69, 9.17) is 17.3 Å². The van der Waals surface area contributed by atoms with Gasteiger partial charge in [-0.1, -0.05) is 30.7 Å². The van der Waals surface area contributed by atoms with Gasteiger partial charge in [0.25, 0.3) is 0 Å². The minimum absolute atomic E-state index is 0.162. The third kappa shape index (κ3) is 2.87. The molecular formula is C15H23ClN2. The van der Waals surface area contributed by atoms with Gasteiger partial charge in [-0.05, 0) is 56.6 Å². The number of benzene rings is 1. The Labute approximate surface area is 115 Å². The van der Waals surface area contributed by atoms with Crippen LogP contribution >= 0.6 is 11.6 Å². The summed E-state index contributed by atoms with van der Waals surface area (Å²) < 4.78 is 0. The van der Waals surface area contributed by atoms with Crippen molar-refractivity contribution < 1.29 is 0 Å². The number of halogens is 1. The molecule has 0 unspecified atom stereocenters. The highest BCUT2D eigenvalue weighted by atomic mass is 35.5. The van der Waals surface area contributed by atoms with Crippen LogP contribution in [-0.4, -0.2) is 31.1 Å². The maximum atomic E-state index is 6.08. The summed E-state index contributed by atoms with van der Waals surface area (Å²) in [6.07, 6.45) is 3.55. The SMILES string of the molecule is CCCN1CCC(CN)(c2ccc(Cl)cc2)CC1. The van der Waals surface area contributed by atoms with Crippen molar-refractivity contribution in [2.24, 2.45) is 5.73 Å². The Morgan fingerprint density at radius 3 is 2.33 bits per heavy atom. The van der Waals surface area contributed by atoms with Gasteiger partial charge in [-0.2, -0.15) is 0 Å². The van der Waals surface area contributed by atoms with Crippen molar-refractivity contribution in [2.45, 2.75) is 31.6 Å². The number of hydrogen-bond acceptors (Lipinski definition) is 2. The molecule has 0 atom stereocenters. The number of piperidine rings is 1. The molecule has 1 saturated heterocycles. The van der Waals surface area contributed by atoms with Crippen LogP contribution in [0.3, 0.4) is 0 Å². The molecule has 0 aromatic heterocycles. The zero-order chi connectivity index (χ0) is 13.0. The molecule has 0 saturated carbocycles. The van der Waals surface area contributed by atoms with E-state index in [1.165, 1.54) is 18.5 Å². The van der Waals surface area contributed by atoms with Gasteiger partial charge in [0.05, 0.1) is 0 Å². The first-order chi connectivity index (χ1) is 8.70. The van der Waals surface area contributed by atoms with E-state index in [-0.39, 0.29) is 5.41 Å². The van der Waals surface area contributed by atoms with Crippen LogP contribution in [0.1, 0.15) is 31.7 Å². The van der Waals surface area contributed by atoms with Gasteiger partial charge in [0.2, 0.25) is 0 Å². The monoisotopic (exact) mass is 266 g/mol. The minimum atomic E-state index is 0.162. The molecular weight excluding hydrogens is 244 g/mol. The van der Waals surface area contributed by atoms with E-state index >= 15 is 0 Å². The summed E-state index contributed by atoms with van der Waals surface area (Å²) in [4.78, 5) is 2.55. The van der Waals surface area contributed by atoms with Crippen molar-refractivity contribution in [2.75, 3.05) is 26.2 Å². The number of hydrogen-bond donors (Lipinski definition) is 1. The maximum Gasteiger partial charge on any atom is 0.0406 e. The Morgan fingerprint density at radius 2 is 1.83 bits per heavy atom. The molecule has 0 aliphatic carbocycles. The van der Waals surface area contributed by atoms with Gasteiger partial charge >= 0.3 is 0 Å². The van der Waals surface area contributed by atoms with E-state index in [0.29, 0.717) is 0 Å². The first-order valence-corrected chi connectivity index (χ1v) is 7.26. The summed E-state index contributed by atoms with van der Waals surface area (Å²) in [7, 11) is 0. The second-order valence-corrected chi connectivity index (χ2v) is 5.77. The highest BCUT2D eigenvalue weighted by molar-refractivity contribution is 6.30. The van der Waals surface area contributed by atoms with Crippen LogP contribution in [0.5, 0.6) is 0 Å². The van der Waals surface area contributed by atoms with Crippen LogP contribution < -0.4 is 5.73 Å². The van der Waals surface area contributed by atoms with Crippen molar-refractivity contribution >= 4 is 11.6 Å². The van der Waals surface area contributed by atoms with Crippen LogP contribution in [0, 0.1) is 0 Å². The van der Waals surface area contributed by atoms with Crippen LogP contribution in [0.25, 0.3) is 0 Å². The molecule has 100 valence electrons. The maximum absolute atomic E-state index is 6.08. The normalized spacial score (nSPS) is 19.9. The highest BCUT2D eigenvalue weighted by Gasteiger charge is 2.34. The summed E-state index contributed by atoms with van der Waals surface area (Å²) in [6.45, 7) is 6.50. The smallest absolute Gasteiger partial charge is 0.0406 e. The third-order valence-electron chi connectivity index (χ3n) is 4.20. The molecule has 1 aromatic rings. The van der Waals surface area contributed by atoms with Gasteiger partial charge in [0.15, 0.2) is 0 Å². The predicted molar refractivity (Wildman–Crippen MR) is 78.1 cm³/mol. The number of nitrogens with zero attached hydrogens (tertiary/aromatic N) is 1. The highest BCUT2D eigenvalue weighted by Crippen LogP contribution is 2.35. The van der Waals surface area contributed by atoms with E-state index in [1.54, 1.807) is 0 Å². The summed E-state index contributed by atoms with van der Waals surface area (Å²) in [6, 6.07) is 8.24.